The van der Waals surface area contributed by atoms with E-state index < -0.39 is 27.5 Å². The van der Waals surface area contributed by atoms with Crippen molar-refractivity contribution in [2.75, 3.05) is 23.4 Å². The molecule has 0 unspecified atom stereocenters. The molecule has 5 nitrogen and oxygen atoms in total. The van der Waals surface area contributed by atoms with Gasteiger partial charge in [0.2, 0.25) is 5.91 Å². The molecule has 0 aliphatic rings. The summed E-state index contributed by atoms with van der Waals surface area (Å²) < 4.78 is 60.6. The zero-order chi connectivity index (χ0) is 18.7. The molecule has 0 aliphatic carbocycles. The van der Waals surface area contributed by atoms with E-state index in [-0.39, 0.29) is 17.1 Å². The molecular weight excluding hydrogens is 357 g/mol. The zero-order valence-corrected chi connectivity index (χ0v) is 13.9. The van der Waals surface area contributed by atoms with Crippen LogP contribution in [0.2, 0.25) is 0 Å². The molecule has 0 aromatic heterocycles. The second-order valence-corrected chi connectivity index (χ2v) is 7.29. The minimum atomic E-state index is -4.46. The molecule has 1 amide bonds. The quantitative estimate of drug-likeness (QED) is 0.845. The first-order valence-electron chi connectivity index (χ1n) is 7.07. The lowest BCUT2D eigenvalue weighted by atomic mass is 10.2. The van der Waals surface area contributed by atoms with Gasteiger partial charge in [0, 0.05) is 17.6 Å². The number of carbonyl (C=O) groups is 1. The van der Waals surface area contributed by atoms with Crippen molar-refractivity contribution < 1.29 is 26.4 Å². The van der Waals surface area contributed by atoms with Crippen LogP contribution in [0.3, 0.4) is 0 Å². The number of alkyl halides is 3. The van der Waals surface area contributed by atoms with E-state index in [0.29, 0.717) is 5.69 Å². The predicted octanol–water partition coefficient (Wildman–Crippen LogP) is 3.16. The van der Waals surface area contributed by atoms with Crippen molar-refractivity contribution in [3.05, 3.63) is 54.1 Å². The van der Waals surface area contributed by atoms with Gasteiger partial charge in [0.05, 0.1) is 17.0 Å². The Labute approximate surface area is 142 Å². The average Bonchev–Trinajstić information content (AvgIpc) is 2.52. The molecule has 0 fully saturated rings. The largest absolute Gasteiger partial charge is 0.416 e. The second-order valence-electron chi connectivity index (χ2n) is 5.28. The number of amides is 1. The zero-order valence-electron chi connectivity index (χ0n) is 13.1. The van der Waals surface area contributed by atoms with E-state index in [1.165, 1.54) is 36.4 Å². The fourth-order valence-corrected chi connectivity index (χ4v) is 2.61. The minimum Gasteiger partial charge on any atom is -0.376 e. The van der Waals surface area contributed by atoms with Crippen LogP contribution >= 0.6 is 0 Å². The van der Waals surface area contributed by atoms with Crippen molar-refractivity contribution >= 4 is 27.1 Å². The summed E-state index contributed by atoms with van der Waals surface area (Å²) >= 11 is 0. The van der Waals surface area contributed by atoms with Crippen LogP contribution in [0.5, 0.6) is 0 Å². The third-order valence-corrected chi connectivity index (χ3v) is 4.34. The SMILES string of the molecule is CS(=O)(=O)c1ccc(NC(=O)CNc2cccc(C(F)(F)F)c2)cc1. The second kappa shape index (κ2) is 7.14. The van der Waals surface area contributed by atoms with Crippen LogP contribution in [-0.2, 0) is 20.8 Å². The van der Waals surface area contributed by atoms with Gasteiger partial charge >= 0.3 is 6.18 Å². The summed E-state index contributed by atoms with van der Waals surface area (Å²) in [5, 5.41) is 5.12. The standard InChI is InChI=1S/C16H15F3N2O3S/c1-25(23,24)14-7-5-12(6-8-14)21-15(22)10-20-13-4-2-3-11(9-13)16(17,18)19/h2-9,20H,10H2,1H3,(H,21,22). The van der Waals surface area contributed by atoms with Gasteiger partial charge in [-0.15, -0.1) is 0 Å². The third kappa shape index (κ3) is 5.49. The van der Waals surface area contributed by atoms with E-state index in [0.717, 1.165) is 18.4 Å². The van der Waals surface area contributed by atoms with Crippen LogP contribution in [-0.4, -0.2) is 27.1 Å². The Morgan fingerprint density at radius 3 is 2.24 bits per heavy atom. The molecule has 0 saturated heterocycles. The van der Waals surface area contributed by atoms with E-state index in [1.807, 2.05) is 0 Å². The molecule has 0 atom stereocenters. The van der Waals surface area contributed by atoms with Crippen LogP contribution in [0.15, 0.2) is 53.4 Å². The van der Waals surface area contributed by atoms with Gasteiger partial charge in [0.1, 0.15) is 0 Å². The Kier molecular flexibility index (Phi) is 5.36. The van der Waals surface area contributed by atoms with Gasteiger partial charge < -0.3 is 10.6 Å². The normalized spacial score (nSPS) is 11.8. The number of hydrogen-bond acceptors (Lipinski definition) is 4. The lowest BCUT2D eigenvalue weighted by molar-refractivity contribution is -0.137. The minimum absolute atomic E-state index is 0.118. The highest BCUT2D eigenvalue weighted by molar-refractivity contribution is 7.90. The Balaban J connectivity index is 1.95. The molecule has 2 N–H and O–H groups in total. The molecule has 2 aromatic rings. The van der Waals surface area contributed by atoms with Gasteiger partial charge in [-0.25, -0.2) is 8.42 Å². The molecule has 0 aliphatic heterocycles. The number of nitrogens with one attached hydrogen (secondary N) is 2. The predicted molar refractivity (Wildman–Crippen MR) is 88.1 cm³/mol. The number of halogens is 3. The Morgan fingerprint density at radius 2 is 1.68 bits per heavy atom. The summed E-state index contributed by atoms with van der Waals surface area (Å²) in [4.78, 5) is 12.0. The summed E-state index contributed by atoms with van der Waals surface area (Å²) in [7, 11) is -3.33. The number of anilines is 2. The lowest BCUT2D eigenvalue weighted by Crippen LogP contribution is -2.22. The first-order valence-corrected chi connectivity index (χ1v) is 8.96. The topological polar surface area (TPSA) is 75.3 Å². The molecule has 0 radical (unpaired) electrons. The van der Waals surface area contributed by atoms with Crippen molar-refractivity contribution in [3.8, 4) is 0 Å². The van der Waals surface area contributed by atoms with E-state index in [4.69, 9.17) is 0 Å². The van der Waals surface area contributed by atoms with Gasteiger partial charge in [-0.05, 0) is 42.5 Å². The van der Waals surface area contributed by atoms with E-state index in [2.05, 4.69) is 10.6 Å². The van der Waals surface area contributed by atoms with Crippen LogP contribution in [0.1, 0.15) is 5.56 Å². The number of sulfone groups is 1. The van der Waals surface area contributed by atoms with Gasteiger partial charge in [-0.2, -0.15) is 13.2 Å². The first kappa shape index (κ1) is 18.8. The van der Waals surface area contributed by atoms with Crippen molar-refractivity contribution in [1.82, 2.24) is 0 Å². The molecule has 2 aromatic carbocycles. The molecule has 2 rings (SSSR count). The molecule has 0 heterocycles. The molecule has 0 spiro atoms. The summed E-state index contributed by atoms with van der Waals surface area (Å²) in [6.07, 6.45) is -3.39. The Bertz CT molecular complexity index is 863. The Morgan fingerprint density at radius 1 is 1.04 bits per heavy atom. The number of benzene rings is 2. The number of hydrogen-bond donors (Lipinski definition) is 2. The average molecular weight is 372 g/mol. The van der Waals surface area contributed by atoms with Crippen molar-refractivity contribution in [1.29, 1.82) is 0 Å². The highest BCUT2D eigenvalue weighted by Crippen LogP contribution is 2.30. The highest BCUT2D eigenvalue weighted by atomic mass is 32.2. The number of rotatable bonds is 5. The maximum absolute atomic E-state index is 12.6. The van der Waals surface area contributed by atoms with Crippen LogP contribution < -0.4 is 10.6 Å². The third-order valence-electron chi connectivity index (χ3n) is 3.21. The van der Waals surface area contributed by atoms with Crippen molar-refractivity contribution in [3.63, 3.8) is 0 Å². The highest BCUT2D eigenvalue weighted by Gasteiger charge is 2.30. The maximum atomic E-state index is 12.6. The molecular formula is C16H15F3N2O3S. The molecule has 9 heteroatoms. The maximum Gasteiger partial charge on any atom is 0.416 e. The van der Waals surface area contributed by atoms with Gasteiger partial charge in [0.25, 0.3) is 0 Å². The fourth-order valence-electron chi connectivity index (χ4n) is 1.98. The smallest absolute Gasteiger partial charge is 0.376 e. The summed E-state index contributed by atoms with van der Waals surface area (Å²) in [6.45, 7) is -0.241. The lowest BCUT2D eigenvalue weighted by Gasteiger charge is -2.11. The van der Waals surface area contributed by atoms with Gasteiger partial charge in [-0.1, -0.05) is 6.07 Å². The van der Waals surface area contributed by atoms with E-state index >= 15 is 0 Å². The molecule has 25 heavy (non-hydrogen) atoms. The molecule has 0 saturated carbocycles. The molecule has 134 valence electrons. The fraction of sp³-hybridized carbons (Fsp3) is 0.188. The van der Waals surface area contributed by atoms with E-state index in [1.54, 1.807) is 0 Å². The first-order chi connectivity index (χ1) is 11.6. The van der Waals surface area contributed by atoms with Gasteiger partial charge in [0.15, 0.2) is 9.84 Å². The van der Waals surface area contributed by atoms with Crippen molar-refractivity contribution in [2.24, 2.45) is 0 Å². The van der Waals surface area contributed by atoms with Crippen LogP contribution in [0.4, 0.5) is 24.5 Å². The van der Waals surface area contributed by atoms with Crippen molar-refractivity contribution in [2.45, 2.75) is 11.1 Å². The number of carbonyl (C=O) groups excluding carboxylic acids is 1. The molecule has 0 bridgehead atoms. The summed E-state index contributed by atoms with van der Waals surface area (Å²) in [6, 6.07) is 10.1. The summed E-state index contributed by atoms with van der Waals surface area (Å²) in [5.41, 5.74) is -0.269. The van der Waals surface area contributed by atoms with Gasteiger partial charge in [-0.3, -0.25) is 4.79 Å². The monoisotopic (exact) mass is 372 g/mol. The van der Waals surface area contributed by atoms with Crippen LogP contribution in [0.25, 0.3) is 0 Å². The van der Waals surface area contributed by atoms with E-state index in [9.17, 15) is 26.4 Å². The summed E-state index contributed by atoms with van der Waals surface area (Å²) in [5.74, 6) is -0.482. The Hall–Kier alpha value is -2.55. The van der Waals surface area contributed by atoms with Crippen LogP contribution in [0, 0.1) is 0 Å².